The molecule has 0 spiro atoms. The van der Waals surface area contributed by atoms with Crippen molar-refractivity contribution in [3.05, 3.63) is 60.3 Å². The van der Waals surface area contributed by atoms with Crippen molar-refractivity contribution in [1.29, 1.82) is 0 Å². The summed E-state index contributed by atoms with van der Waals surface area (Å²) in [6.07, 6.45) is 3.13. The molecular formula is C24H29F2N3. The average Bonchev–Trinajstić information content (AvgIpc) is 2.69. The van der Waals surface area contributed by atoms with Gasteiger partial charge in [0.15, 0.2) is 0 Å². The maximum Gasteiger partial charge on any atom is 0.322 e. The van der Waals surface area contributed by atoms with Gasteiger partial charge in [-0.2, -0.15) is 8.78 Å². The van der Waals surface area contributed by atoms with Gasteiger partial charge < -0.3 is 10.2 Å². The van der Waals surface area contributed by atoms with Crippen LogP contribution in [0, 0.1) is 0 Å². The number of fused-ring (bicyclic) bond motifs is 2. The fraction of sp³-hybridized carbons (Fsp3) is 0.375. The molecule has 1 atom stereocenters. The number of benzene rings is 2. The van der Waals surface area contributed by atoms with Crippen LogP contribution in [0.25, 0.3) is 21.8 Å². The van der Waals surface area contributed by atoms with Gasteiger partial charge in [-0.3, -0.25) is 0 Å². The number of hydrogen-bond donors (Lipinski definition) is 1. The molecule has 0 radical (unpaired) electrons. The minimum absolute atomic E-state index is 0.427. The monoisotopic (exact) mass is 397 g/mol. The second-order valence-electron chi connectivity index (χ2n) is 7.87. The first kappa shape index (κ1) is 21.0. The Balaban J connectivity index is 1.88. The van der Waals surface area contributed by atoms with Crippen molar-refractivity contribution >= 4 is 27.5 Å². The molecule has 0 saturated carbocycles. The van der Waals surface area contributed by atoms with Crippen molar-refractivity contribution in [1.82, 2.24) is 10.3 Å². The molecular weight excluding hydrogens is 368 g/mol. The van der Waals surface area contributed by atoms with E-state index in [1.165, 1.54) is 12.6 Å². The summed E-state index contributed by atoms with van der Waals surface area (Å²) in [4.78, 5) is 5.69. The van der Waals surface area contributed by atoms with Crippen molar-refractivity contribution in [2.45, 2.75) is 45.1 Å². The number of nitrogens with zero attached hydrogens (tertiary/aromatic N) is 2. The molecule has 1 heterocycles. The Morgan fingerprint density at radius 2 is 1.79 bits per heavy atom. The summed E-state index contributed by atoms with van der Waals surface area (Å²) >= 11 is 0. The van der Waals surface area contributed by atoms with E-state index in [1.54, 1.807) is 18.2 Å². The van der Waals surface area contributed by atoms with Crippen LogP contribution in [0.15, 0.2) is 54.7 Å². The van der Waals surface area contributed by atoms with Gasteiger partial charge in [-0.25, -0.2) is 4.98 Å². The van der Waals surface area contributed by atoms with E-state index in [0.717, 1.165) is 58.6 Å². The maximum absolute atomic E-state index is 13.7. The highest BCUT2D eigenvalue weighted by Gasteiger charge is 2.27. The molecule has 3 rings (SSSR count). The Bertz CT molecular complexity index is 1020. The Labute approximate surface area is 171 Å². The van der Waals surface area contributed by atoms with E-state index in [9.17, 15) is 8.78 Å². The number of aromatic nitrogens is 1. The summed E-state index contributed by atoms with van der Waals surface area (Å²) in [5, 5.41) is 4.98. The lowest BCUT2D eigenvalue weighted by Gasteiger charge is -2.26. The fourth-order valence-corrected chi connectivity index (χ4v) is 3.50. The highest BCUT2D eigenvalue weighted by atomic mass is 19.3. The van der Waals surface area contributed by atoms with Crippen molar-refractivity contribution in [3.63, 3.8) is 0 Å². The van der Waals surface area contributed by atoms with Crippen LogP contribution in [0.5, 0.6) is 0 Å². The molecule has 0 bridgehead atoms. The molecule has 3 nitrogen and oxygen atoms in total. The molecule has 3 aromatic rings. The largest absolute Gasteiger partial charge is 0.392 e. The third kappa shape index (κ3) is 4.84. The number of nitrogens with one attached hydrogen (secondary N) is 1. The summed E-state index contributed by atoms with van der Waals surface area (Å²) in [6, 6.07) is 10.8. The Morgan fingerprint density at radius 1 is 1.14 bits per heavy atom. The highest BCUT2D eigenvalue weighted by Crippen LogP contribution is 2.30. The van der Waals surface area contributed by atoms with Crippen LogP contribution >= 0.6 is 0 Å². The van der Waals surface area contributed by atoms with E-state index >= 15 is 0 Å². The lowest BCUT2D eigenvalue weighted by molar-refractivity contribution is 0.0236. The molecule has 154 valence electrons. The third-order valence-corrected chi connectivity index (χ3v) is 5.63. The van der Waals surface area contributed by atoms with Gasteiger partial charge in [-0.05, 0) is 67.1 Å². The maximum atomic E-state index is 13.7. The van der Waals surface area contributed by atoms with Crippen LogP contribution in [0.3, 0.4) is 0 Å². The SMILES string of the molecule is C=C(CCCC(C)c1ccc2nc3ccc(N(C)C(C)(F)F)cc3cc2c1)NC. The van der Waals surface area contributed by atoms with Crippen LogP contribution in [-0.4, -0.2) is 25.1 Å². The number of alkyl halides is 2. The number of halogens is 2. The third-order valence-electron chi connectivity index (χ3n) is 5.63. The van der Waals surface area contributed by atoms with Crippen molar-refractivity contribution in [2.24, 2.45) is 0 Å². The van der Waals surface area contributed by atoms with Gasteiger partial charge in [-0.15, -0.1) is 0 Å². The second kappa shape index (κ2) is 8.36. The molecule has 1 unspecified atom stereocenters. The van der Waals surface area contributed by atoms with Crippen LogP contribution in [0.1, 0.15) is 44.6 Å². The molecule has 0 aliphatic carbocycles. The average molecular weight is 398 g/mol. The molecule has 1 N–H and O–H groups in total. The zero-order valence-electron chi connectivity index (χ0n) is 17.6. The van der Waals surface area contributed by atoms with Crippen molar-refractivity contribution < 1.29 is 8.78 Å². The van der Waals surface area contributed by atoms with Gasteiger partial charge in [0.2, 0.25) is 0 Å². The van der Waals surface area contributed by atoms with Crippen LogP contribution in [0.2, 0.25) is 0 Å². The smallest absolute Gasteiger partial charge is 0.322 e. The number of rotatable bonds is 8. The zero-order chi connectivity index (χ0) is 21.2. The quantitative estimate of drug-likeness (QED) is 0.350. The Hall–Kier alpha value is -2.69. The lowest BCUT2D eigenvalue weighted by atomic mass is 9.93. The number of anilines is 1. The van der Waals surface area contributed by atoms with Gasteiger partial charge in [0.05, 0.1) is 11.0 Å². The molecule has 1 aromatic heterocycles. The lowest BCUT2D eigenvalue weighted by Crippen LogP contribution is -2.35. The second-order valence-corrected chi connectivity index (χ2v) is 7.87. The van der Waals surface area contributed by atoms with E-state index in [4.69, 9.17) is 4.98 Å². The summed E-state index contributed by atoms with van der Waals surface area (Å²) < 4.78 is 27.3. The molecule has 0 saturated heterocycles. The first-order valence-electron chi connectivity index (χ1n) is 10.0. The topological polar surface area (TPSA) is 28.2 Å². The van der Waals surface area contributed by atoms with Crippen molar-refractivity contribution in [2.75, 3.05) is 19.0 Å². The number of allylic oxidation sites excluding steroid dienone is 1. The van der Waals surface area contributed by atoms with E-state index in [1.807, 2.05) is 19.2 Å². The molecule has 29 heavy (non-hydrogen) atoms. The van der Waals surface area contributed by atoms with E-state index in [0.29, 0.717) is 11.6 Å². The first-order valence-corrected chi connectivity index (χ1v) is 10.0. The molecule has 0 amide bonds. The van der Waals surface area contributed by atoms with Crippen LogP contribution in [0.4, 0.5) is 14.5 Å². The van der Waals surface area contributed by atoms with Gasteiger partial charge in [0.1, 0.15) is 0 Å². The summed E-state index contributed by atoms with van der Waals surface area (Å²) in [7, 11) is 3.30. The predicted molar refractivity (Wildman–Crippen MR) is 119 cm³/mol. The van der Waals surface area contributed by atoms with Gasteiger partial charge in [0.25, 0.3) is 0 Å². The normalized spacial score (nSPS) is 12.9. The minimum Gasteiger partial charge on any atom is -0.392 e. The van der Waals surface area contributed by atoms with E-state index < -0.39 is 6.05 Å². The standard InChI is InChI=1S/C24H29F2N3/c1-16(7-6-8-17(2)27-4)18-9-11-22-19(13-18)14-20-15-21(10-12-23(20)28-22)29(5)24(3,25)26/h9-16,27H,2,6-8H2,1,3-5H3. The molecule has 0 fully saturated rings. The first-order chi connectivity index (χ1) is 13.7. The van der Waals surface area contributed by atoms with Gasteiger partial charge >= 0.3 is 6.05 Å². The predicted octanol–water partition coefficient (Wildman–Crippen LogP) is 6.44. The fourth-order valence-electron chi connectivity index (χ4n) is 3.50. The highest BCUT2D eigenvalue weighted by molar-refractivity contribution is 5.94. The summed E-state index contributed by atoms with van der Waals surface area (Å²) in [6.45, 7) is 7.11. The summed E-state index contributed by atoms with van der Waals surface area (Å²) in [5.74, 6) is 0.427. The van der Waals surface area contributed by atoms with Gasteiger partial charge in [-0.1, -0.05) is 19.6 Å². The summed E-state index contributed by atoms with van der Waals surface area (Å²) in [5.41, 5.74) is 4.52. The van der Waals surface area contributed by atoms with Crippen LogP contribution < -0.4 is 10.2 Å². The molecule has 5 heteroatoms. The number of hydrogen-bond acceptors (Lipinski definition) is 3. The Morgan fingerprint density at radius 3 is 2.45 bits per heavy atom. The van der Waals surface area contributed by atoms with Gasteiger partial charge in [0, 0.05) is 43.2 Å². The van der Waals surface area contributed by atoms with E-state index in [-0.39, 0.29) is 0 Å². The minimum atomic E-state index is -2.92. The molecule has 2 aromatic carbocycles. The van der Waals surface area contributed by atoms with Crippen molar-refractivity contribution in [3.8, 4) is 0 Å². The number of pyridine rings is 1. The Kier molecular flexibility index (Phi) is 6.06. The van der Waals surface area contributed by atoms with E-state index in [2.05, 4.69) is 31.0 Å². The van der Waals surface area contributed by atoms with Crippen LogP contribution in [-0.2, 0) is 0 Å². The zero-order valence-corrected chi connectivity index (χ0v) is 17.6. The molecule has 0 aliphatic heterocycles. The molecule has 0 aliphatic rings.